The Morgan fingerprint density at radius 1 is 1.62 bits per heavy atom. The molecular formula is C9H11FN2S. The molecule has 2 N–H and O–H groups in total. The molecule has 0 aromatic heterocycles. The first-order valence-corrected chi connectivity index (χ1v) is 4.80. The van der Waals surface area contributed by atoms with Crippen LogP contribution in [0, 0.1) is 5.82 Å². The van der Waals surface area contributed by atoms with Crippen LogP contribution in [0.2, 0.25) is 0 Å². The largest absolute Gasteiger partial charge is 0.387 e. The van der Waals surface area contributed by atoms with Crippen LogP contribution in [-0.4, -0.2) is 18.6 Å². The summed E-state index contributed by atoms with van der Waals surface area (Å²) in [6.07, 6.45) is 0. The zero-order chi connectivity index (χ0) is 9.68. The van der Waals surface area contributed by atoms with Crippen LogP contribution in [-0.2, 0) is 0 Å². The Balaban J connectivity index is 2.55. The minimum absolute atomic E-state index is 0.225. The van der Waals surface area contributed by atoms with Crippen LogP contribution < -0.4 is 5.73 Å². The van der Waals surface area contributed by atoms with Crippen LogP contribution in [0.3, 0.4) is 0 Å². The summed E-state index contributed by atoms with van der Waals surface area (Å²) in [7, 11) is 1.64. The molecule has 1 rings (SSSR count). The molecule has 0 aliphatic heterocycles. The molecular weight excluding hydrogens is 187 g/mol. The Labute approximate surface area is 81.1 Å². The van der Waals surface area contributed by atoms with Gasteiger partial charge in [0.25, 0.3) is 0 Å². The van der Waals surface area contributed by atoms with E-state index in [2.05, 4.69) is 4.99 Å². The zero-order valence-electron chi connectivity index (χ0n) is 7.33. The number of hydrogen-bond donors (Lipinski definition) is 1. The second-order valence-corrected chi connectivity index (χ2v) is 3.51. The van der Waals surface area contributed by atoms with Crippen molar-refractivity contribution in [1.29, 1.82) is 0 Å². The van der Waals surface area contributed by atoms with E-state index in [1.165, 1.54) is 23.9 Å². The van der Waals surface area contributed by atoms with E-state index in [-0.39, 0.29) is 5.82 Å². The third kappa shape index (κ3) is 3.46. The number of halogens is 1. The maximum atomic E-state index is 12.7. The fourth-order valence-electron chi connectivity index (χ4n) is 0.779. The van der Waals surface area contributed by atoms with Crippen LogP contribution in [0.1, 0.15) is 0 Å². The van der Waals surface area contributed by atoms with Gasteiger partial charge >= 0.3 is 0 Å². The topological polar surface area (TPSA) is 38.4 Å². The fraction of sp³-hybridized carbons (Fsp3) is 0.222. The van der Waals surface area contributed by atoms with Crippen molar-refractivity contribution >= 4 is 17.6 Å². The fourth-order valence-corrected chi connectivity index (χ4v) is 1.59. The van der Waals surface area contributed by atoms with Gasteiger partial charge in [0.2, 0.25) is 0 Å². The molecule has 0 bridgehead atoms. The molecule has 4 heteroatoms. The Kier molecular flexibility index (Phi) is 3.76. The first-order chi connectivity index (χ1) is 6.22. The van der Waals surface area contributed by atoms with Crippen LogP contribution in [0.4, 0.5) is 4.39 Å². The Morgan fingerprint density at radius 2 is 2.38 bits per heavy atom. The molecule has 70 valence electrons. The molecule has 0 aliphatic rings. The van der Waals surface area contributed by atoms with Gasteiger partial charge in [0.15, 0.2) is 0 Å². The van der Waals surface area contributed by atoms with Gasteiger partial charge in [-0.05, 0) is 18.2 Å². The molecule has 0 unspecified atom stereocenters. The molecule has 0 fully saturated rings. The van der Waals surface area contributed by atoms with Gasteiger partial charge in [-0.2, -0.15) is 0 Å². The number of thioether (sulfide) groups is 1. The minimum Gasteiger partial charge on any atom is -0.387 e. The number of aliphatic imine (C=N–C) groups is 1. The van der Waals surface area contributed by atoms with Crippen LogP contribution in [0.15, 0.2) is 34.2 Å². The van der Waals surface area contributed by atoms with Crippen molar-refractivity contribution in [1.82, 2.24) is 0 Å². The third-order valence-electron chi connectivity index (χ3n) is 1.47. The van der Waals surface area contributed by atoms with Gasteiger partial charge in [-0.3, -0.25) is 4.99 Å². The standard InChI is InChI=1S/C9H11FN2S/c1-12-9(11)6-13-8-4-2-3-7(10)5-8/h2-5H,6H2,1H3,(H2,11,12). The monoisotopic (exact) mass is 198 g/mol. The normalized spacial score (nSPS) is 11.7. The number of amidine groups is 1. The summed E-state index contributed by atoms with van der Waals surface area (Å²) < 4.78 is 12.7. The lowest BCUT2D eigenvalue weighted by Crippen LogP contribution is -2.13. The van der Waals surface area contributed by atoms with Gasteiger partial charge in [0, 0.05) is 11.9 Å². The summed E-state index contributed by atoms with van der Waals surface area (Å²) in [6.45, 7) is 0. The van der Waals surface area contributed by atoms with Crippen molar-refractivity contribution in [3.05, 3.63) is 30.1 Å². The van der Waals surface area contributed by atoms with Gasteiger partial charge in [0.05, 0.1) is 5.75 Å². The Hall–Kier alpha value is -1.03. The van der Waals surface area contributed by atoms with Crippen molar-refractivity contribution in [2.24, 2.45) is 10.7 Å². The lowest BCUT2D eigenvalue weighted by atomic mass is 10.4. The molecule has 1 aromatic rings. The molecule has 0 aliphatic carbocycles. The Bertz CT molecular complexity index is 312. The smallest absolute Gasteiger partial charge is 0.124 e. The number of nitrogens with two attached hydrogens (primary N) is 1. The summed E-state index contributed by atoms with van der Waals surface area (Å²) >= 11 is 1.47. The average molecular weight is 198 g/mol. The summed E-state index contributed by atoms with van der Waals surface area (Å²) in [5.41, 5.74) is 5.49. The molecule has 0 heterocycles. The molecule has 0 radical (unpaired) electrons. The molecule has 0 saturated carbocycles. The number of rotatable bonds is 3. The summed E-state index contributed by atoms with van der Waals surface area (Å²) in [4.78, 5) is 4.67. The molecule has 1 aromatic carbocycles. The molecule has 0 saturated heterocycles. The molecule has 0 atom stereocenters. The summed E-state index contributed by atoms with van der Waals surface area (Å²) in [6, 6.07) is 6.42. The van der Waals surface area contributed by atoms with Gasteiger partial charge in [-0.25, -0.2) is 4.39 Å². The first kappa shape index (κ1) is 10.1. The average Bonchev–Trinajstić information content (AvgIpc) is 2.14. The Morgan fingerprint density at radius 3 is 3.00 bits per heavy atom. The van der Waals surface area contributed by atoms with Crippen LogP contribution in [0.25, 0.3) is 0 Å². The second-order valence-electron chi connectivity index (χ2n) is 2.46. The lowest BCUT2D eigenvalue weighted by molar-refractivity contribution is 0.624. The predicted molar refractivity (Wildman–Crippen MR) is 54.7 cm³/mol. The van der Waals surface area contributed by atoms with Crippen molar-refractivity contribution in [2.45, 2.75) is 4.90 Å². The van der Waals surface area contributed by atoms with Gasteiger partial charge < -0.3 is 5.73 Å². The first-order valence-electron chi connectivity index (χ1n) is 3.82. The van der Waals surface area contributed by atoms with Gasteiger partial charge in [-0.1, -0.05) is 6.07 Å². The maximum absolute atomic E-state index is 12.7. The van der Waals surface area contributed by atoms with Crippen LogP contribution in [0.5, 0.6) is 0 Å². The second kappa shape index (κ2) is 4.87. The predicted octanol–water partition coefficient (Wildman–Crippen LogP) is 1.90. The summed E-state index contributed by atoms with van der Waals surface area (Å²) in [5.74, 6) is 0.936. The van der Waals surface area contributed by atoms with Gasteiger partial charge in [0.1, 0.15) is 11.7 Å². The van der Waals surface area contributed by atoms with Gasteiger partial charge in [-0.15, -0.1) is 11.8 Å². The highest BCUT2D eigenvalue weighted by atomic mass is 32.2. The number of hydrogen-bond acceptors (Lipinski definition) is 2. The highest BCUT2D eigenvalue weighted by Crippen LogP contribution is 2.17. The highest BCUT2D eigenvalue weighted by molar-refractivity contribution is 8.00. The molecule has 0 spiro atoms. The molecule has 2 nitrogen and oxygen atoms in total. The van der Waals surface area contributed by atoms with Crippen molar-refractivity contribution in [3.8, 4) is 0 Å². The van der Waals surface area contributed by atoms with Crippen molar-refractivity contribution < 1.29 is 4.39 Å². The number of nitrogens with zero attached hydrogens (tertiary/aromatic N) is 1. The molecule has 13 heavy (non-hydrogen) atoms. The van der Waals surface area contributed by atoms with E-state index in [0.717, 1.165) is 4.90 Å². The van der Waals surface area contributed by atoms with Crippen LogP contribution >= 0.6 is 11.8 Å². The highest BCUT2D eigenvalue weighted by Gasteiger charge is 1.97. The SMILES string of the molecule is CN=C(N)CSc1cccc(F)c1. The van der Waals surface area contributed by atoms with E-state index in [1.54, 1.807) is 13.1 Å². The van der Waals surface area contributed by atoms with Crippen molar-refractivity contribution in [3.63, 3.8) is 0 Å². The van der Waals surface area contributed by atoms with Crippen molar-refractivity contribution in [2.75, 3.05) is 12.8 Å². The van der Waals surface area contributed by atoms with E-state index in [4.69, 9.17) is 5.73 Å². The zero-order valence-corrected chi connectivity index (χ0v) is 8.14. The number of benzene rings is 1. The minimum atomic E-state index is -0.225. The van der Waals surface area contributed by atoms with E-state index in [9.17, 15) is 4.39 Å². The van der Waals surface area contributed by atoms with E-state index in [1.807, 2.05) is 6.07 Å². The maximum Gasteiger partial charge on any atom is 0.124 e. The van der Waals surface area contributed by atoms with E-state index >= 15 is 0 Å². The summed E-state index contributed by atoms with van der Waals surface area (Å²) in [5, 5.41) is 0. The van der Waals surface area contributed by atoms with E-state index in [0.29, 0.717) is 11.6 Å². The molecule has 0 amide bonds. The lowest BCUT2D eigenvalue weighted by Gasteiger charge is -2.00. The van der Waals surface area contributed by atoms with E-state index < -0.39 is 0 Å². The third-order valence-corrected chi connectivity index (χ3v) is 2.50. The quantitative estimate of drug-likeness (QED) is 0.457.